The van der Waals surface area contributed by atoms with Crippen molar-refractivity contribution in [3.8, 4) is 17.0 Å². The van der Waals surface area contributed by atoms with E-state index < -0.39 is 64.4 Å². The van der Waals surface area contributed by atoms with Crippen LogP contribution in [0.5, 0.6) is 5.75 Å². The van der Waals surface area contributed by atoms with E-state index in [-0.39, 0.29) is 15.7 Å². The molecule has 6 nitrogen and oxygen atoms in total. The van der Waals surface area contributed by atoms with Crippen molar-refractivity contribution in [3.05, 3.63) is 75.4 Å². The Bertz CT molecular complexity index is 1270. The van der Waals surface area contributed by atoms with Gasteiger partial charge in [0.25, 0.3) is 5.91 Å². The van der Waals surface area contributed by atoms with Gasteiger partial charge in [0.2, 0.25) is 0 Å². The lowest BCUT2D eigenvalue weighted by Crippen LogP contribution is -2.22. The molecule has 3 rings (SSSR count). The summed E-state index contributed by atoms with van der Waals surface area (Å²) in [7, 11) is 0. The number of nitrogens with zero attached hydrogens (tertiary/aromatic N) is 1. The smallest absolute Gasteiger partial charge is 0.422 e. The van der Waals surface area contributed by atoms with Gasteiger partial charge >= 0.3 is 12.1 Å². The minimum Gasteiger partial charge on any atom is -0.483 e. The standard InChI is InChI=1S/C21H11Cl2F5N2O4.2C2H6/c22-12-2-1-3-14(24)18(12)30-19(31)11-4-15(25)10(6-17(11)34-8-21(26,27)28)16-5-9(20(32)33)13(23)7-29-16;2*1-2/h1-7H,8H2,(H,30,31)(H,32,33);2*1-2H3. The first-order chi connectivity index (χ1) is 17.9. The molecule has 0 saturated heterocycles. The molecule has 0 aliphatic heterocycles. The van der Waals surface area contributed by atoms with E-state index >= 15 is 0 Å². The molecule has 0 radical (unpaired) electrons. The van der Waals surface area contributed by atoms with Gasteiger partial charge in [0.1, 0.15) is 17.4 Å². The Kier molecular flexibility index (Phi) is 12.4. The number of alkyl halides is 3. The molecule has 2 N–H and O–H groups in total. The zero-order valence-electron chi connectivity index (χ0n) is 20.5. The van der Waals surface area contributed by atoms with Crippen LogP contribution >= 0.6 is 23.2 Å². The van der Waals surface area contributed by atoms with Crippen molar-refractivity contribution < 1.29 is 41.4 Å². The minimum atomic E-state index is -4.81. The fourth-order valence-corrected chi connectivity index (χ4v) is 3.15. The highest BCUT2D eigenvalue weighted by atomic mass is 35.5. The third-order valence-corrected chi connectivity index (χ3v) is 4.88. The molecule has 1 heterocycles. The zero-order valence-corrected chi connectivity index (χ0v) is 22.0. The fourth-order valence-electron chi connectivity index (χ4n) is 2.75. The normalized spacial score (nSPS) is 10.4. The summed E-state index contributed by atoms with van der Waals surface area (Å²) in [5.74, 6) is -5.50. The number of carboxylic acid groups (broad SMARTS) is 1. The van der Waals surface area contributed by atoms with E-state index in [4.69, 9.17) is 27.9 Å². The predicted molar refractivity (Wildman–Crippen MR) is 135 cm³/mol. The van der Waals surface area contributed by atoms with Crippen LogP contribution in [0.1, 0.15) is 48.4 Å². The number of hydrogen-bond acceptors (Lipinski definition) is 4. The summed E-state index contributed by atoms with van der Waals surface area (Å²) in [6.07, 6.45) is -3.90. The molecular formula is C25H23Cl2F5N2O4. The number of nitrogens with one attached hydrogen (secondary N) is 1. The second-order valence-corrected chi connectivity index (χ2v) is 7.45. The first-order valence-corrected chi connectivity index (χ1v) is 11.8. The van der Waals surface area contributed by atoms with Crippen LogP contribution in [0.4, 0.5) is 27.6 Å². The van der Waals surface area contributed by atoms with Crippen LogP contribution in [-0.4, -0.2) is 34.8 Å². The number of para-hydroxylation sites is 1. The number of pyridine rings is 1. The van der Waals surface area contributed by atoms with Gasteiger partial charge in [-0.15, -0.1) is 0 Å². The van der Waals surface area contributed by atoms with Crippen molar-refractivity contribution in [2.45, 2.75) is 33.9 Å². The molecule has 0 bridgehead atoms. The summed E-state index contributed by atoms with van der Waals surface area (Å²) >= 11 is 11.6. The van der Waals surface area contributed by atoms with Crippen LogP contribution in [0.15, 0.2) is 42.6 Å². The van der Waals surface area contributed by atoms with Crippen LogP contribution in [0.25, 0.3) is 11.3 Å². The number of halogens is 7. The molecule has 0 aliphatic carbocycles. The molecule has 0 saturated carbocycles. The number of rotatable bonds is 6. The number of carbonyl (C=O) groups excluding carboxylic acids is 1. The van der Waals surface area contributed by atoms with Crippen LogP contribution < -0.4 is 10.1 Å². The number of carboxylic acids is 1. The van der Waals surface area contributed by atoms with Gasteiger partial charge in [-0.2, -0.15) is 13.2 Å². The van der Waals surface area contributed by atoms with E-state index in [2.05, 4.69) is 10.3 Å². The van der Waals surface area contributed by atoms with E-state index in [0.717, 1.165) is 24.4 Å². The maximum Gasteiger partial charge on any atom is 0.422 e. The van der Waals surface area contributed by atoms with E-state index in [0.29, 0.717) is 6.07 Å². The van der Waals surface area contributed by atoms with Crippen molar-refractivity contribution in [1.82, 2.24) is 4.98 Å². The summed E-state index contributed by atoms with van der Waals surface area (Å²) in [6.45, 7) is 6.16. The Morgan fingerprint density at radius 3 is 2.16 bits per heavy atom. The first-order valence-electron chi connectivity index (χ1n) is 11.0. The average Bonchev–Trinajstić information content (AvgIpc) is 2.87. The molecule has 0 fully saturated rings. The van der Waals surface area contributed by atoms with E-state index in [1.165, 1.54) is 12.1 Å². The van der Waals surface area contributed by atoms with Gasteiger partial charge in [-0.05, 0) is 30.3 Å². The molecule has 206 valence electrons. The quantitative estimate of drug-likeness (QED) is 0.286. The van der Waals surface area contributed by atoms with Gasteiger partial charge in [0, 0.05) is 11.8 Å². The lowest BCUT2D eigenvalue weighted by atomic mass is 10.0. The van der Waals surface area contributed by atoms with Crippen LogP contribution in [0.3, 0.4) is 0 Å². The number of aromatic carboxylic acids is 1. The van der Waals surface area contributed by atoms with Crippen LogP contribution in [0.2, 0.25) is 10.0 Å². The van der Waals surface area contributed by atoms with Crippen molar-refractivity contribution in [2.75, 3.05) is 11.9 Å². The molecule has 0 unspecified atom stereocenters. The Labute approximate surface area is 225 Å². The van der Waals surface area contributed by atoms with Crippen LogP contribution in [-0.2, 0) is 0 Å². The number of benzene rings is 2. The summed E-state index contributed by atoms with van der Waals surface area (Å²) in [4.78, 5) is 27.8. The molecule has 38 heavy (non-hydrogen) atoms. The summed E-state index contributed by atoms with van der Waals surface area (Å²) < 4.78 is 71.9. The predicted octanol–water partition coefficient (Wildman–Crippen LogP) is 8.28. The van der Waals surface area contributed by atoms with Gasteiger partial charge in [-0.3, -0.25) is 9.78 Å². The number of aromatic nitrogens is 1. The number of ether oxygens (including phenoxy) is 1. The summed E-state index contributed by atoms with van der Waals surface area (Å²) in [6, 6.07) is 5.65. The number of hydrogen-bond donors (Lipinski definition) is 2. The second kappa shape index (κ2) is 14.5. The molecule has 13 heteroatoms. The average molecular weight is 581 g/mol. The largest absolute Gasteiger partial charge is 0.483 e. The van der Waals surface area contributed by atoms with Gasteiger partial charge in [-0.25, -0.2) is 13.6 Å². The highest BCUT2D eigenvalue weighted by Gasteiger charge is 2.30. The maximum atomic E-state index is 14.9. The summed E-state index contributed by atoms with van der Waals surface area (Å²) in [5.41, 5.74) is -2.42. The SMILES string of the molecule is CC.CC.O=C(O)c1cc(-c2cc(OCC(F)(F)F)c(C(=O)Nc3c(F)cccc3Cl)cc2F)ncc1Cl. The first kappa shape index (κ1) is 32.6. The molecule has 3 aromatic rings. The highest BCUT2D eigenvalue weighted by molar-refractivity contribution is 6.34. The maximum absolute atomic E-state index is 14.9. The monoisotopic (exact) mass is 580 g/mol. The third-order valence-electron chi connectivity index (χ3n) is 4.27. The molecule has 1 amide bonds. The zero-order chi connectivity index (χ0) is 29.2. The lowest BCUT2D eigenvalue weighted by molar-refractivity contribution is -0.153. The third kappa shape index (κ3) is 8.56. The van der Waals surface area contributed by atoms with Gasteiger partial charge in [0.05, 0.1) is 32.6 Å². The molecular weight excluding hydrogens is 558 g/mol. The number of amides is 1. The van der Waals surface area contributed by atoms with Crippen molar-refractivity contribution in [2.24, 2.45) is 0 Å². The highest BCUT2D eigenvalue weighted by Crippen LogP contribution is 2.33. The van der Waals surface area contributed by atoms with E-state index in [1.54, 1.807) is 0 Å². The Hall–Kier alpha value is -3.44. The Morgan fingerprint density at radius 1 is 0.974 bits per heavy atom. The van der Waals surface area contributed by atoms with Crippen molar-refractivity contribution in [3.63, 3.8) is 0 Å². The van der Waals surface area contributed by atoms with Gasteiger partial charge < -0.3 is 15.2 Å². The Morgan fingerprint density at radius 2 is 1.61 bits per heavy atom. The minimum absolute atomic E-state index is 0.213. The van der Waals surface area contributed by atoms with Crippen LogP contribution in [0, 0.1) is 11.6 Å². The van der Waals surface area contributed by atoms with Gasteiger partial charge in [0.15, 0.2) is 6.61 Å². The number of anilines is 1. The lowest BCUT2D eigenvalue weighted by Gasteiger charge is -2.16. The van der Waals surface area contributed by atoms with Crippen molar-refractivity contribution >= 4 is 40.8 Å². The second-order valence-electron chi connectivity index (χ2n) is 6.64. The van der Waals surface area contributed by atoms with Gasteiger partial charge in [-0.1, -0.05) is 57.0 Å². The molecule has 2 aromatic carbocycles. The molecule has 0 spiro atoms. The summed E-state index contributed by atoms with van der Waals surface area (Å²) in [5, 5.41) is 10.8. The Balaban J connectivity index is 0.00000172. The van der Waals surface area contributed by atoms with Crippen molar-refractivity contribution in [1.29, 1.82) is 0 Å². The fraction of sp³-hybridized carbons (Fsp3) is 0.240. The number of carbonyl (C=O) groups is 2. The molecule has 0 aliphatic rings. The molecule has 0 atom stereocenters. The van der Waals surface area contributed by atoms with E-state index in [9.17, 15) is 36.6 Å². The van der Waals surface area contributed by atoms with E-state index in [1.807, 2.05) is 27.7 Å². The topological polar surface area (TPSA) is 88.5 Å². The molecule has 1 aromatic heterocycles.